The molecule has 1 atom stereocenters. The van der Waals surface area contributed by atoms with E-state index in [9.17, 15) is 18.0 Å². The Kier molecular flexibility index (Phi) is 6.95. The molecule has 1 amide bonds. The first-order valence-electron chi connectivity index (χ1n) is 10.7. The first-order chi connectivity index (χ1) is 16.7. The highest BCUT2D eigenvalue weighted by Gasteiger charge is 2.31. The second-order valence-electron chi connectivity index (χ2n) is 7.94. The van der Waals surface area contributed by atoms with E-state index >= 15 is 0 Å². The standard InChI is InChI=1S/C25H22F3N5OS/c1-14(33-23(34)22-13-32-24(35-22)19-11-30-15(2)31-12-19)16-3-5-17(6-4-16)21-9-20(25(26,27)28)8-7-18(21)10-29/h3-9,11-14H,10,29H2,1-2H3,(H,33,34)/t14-/m1/s1. The van der Waals surface area contributed by atoms with Crippen LogP contribution in [0, 0.1) is 6.92 Å². The second-order valence-corrected chi connectivity index (χ2v) is 8.97. The zero-order valence-electron chi connectivity index (χ0n) is 18.9. The monoisotopic (exact) mass is 497 g/mol. The van der Waals surface area contributed by atoms with E-state index in [-0.39, 0.29) is 18.5 Å². The van der Waals surface area contributed by atoms with Crippen molar-refractivity contribution in [3.05, 3.63) is 88.4 Å². The molecule has 2 heterocycles. The molecule has 6 nitrogen and oxygen atoms in total. The summed E-state index contributed by atoms with van der Waals surface area (Å²) in [4.78, 5) is 25.8. The maximum atomic E-state index is 13.2. The summed E-state index contributed by atoms with van der Waals surface area (Å²) in [5, 5.41) is 3.57. The third-order valence-electron chi connectivity index (χ3n) is 5.48. The minimum absolute atomic E-state index is 0.118. The topological polar surface area (TPSA) is 93.8 Å². The van der Waals surface area contributed by atoms with Crippen LogP contribution in [0.2, 0.25) is 0 Å². The summed E-state index contributed by atoms with van der Waals surface area (Å²) in [5.74, 6) is 0.372. The van der Waals surface area contributed by atoms with Gasteiger partial charge < -0.3 is 11.1 Å². The van der Waals surface area contributed by atoms with Gasteiger partial charge in [0.15, 0.2) is 0 Å². The number of alkyl halides is 3. The maximum absolute atomic E-state index is 13.2. The lowest BCUT2D eigenvalue weighted by molar-refractivity contribution is -0.137. The number of hydrogen-bond acceptors (Lipinski definition) is 6. The summed E-state index contributed by atoms with van der Waals surface area (Å²) in [6, 6.07) is 10.2. The van der Waals surface area contributed by atoms with Crippen LogP contribution in [0.3, 0.4) is 0 Å². The van der Waals surface area contributed by atoms with Gasteiger partial charge in [0.25, 0.3) is 5.91 Å². The third-order valence-corrected chi connectivity index (χ3v) is 6.53. The first-order valence-corrected chi connectivity index (χ1v) is 11.5. The Morgan fingerprint density at radius 1 is 1.03 bits per heavy atom. The van der Waals surface area contributed by atoms with Crippen LogP contribution in [0.4, 0.5) is 13.2 Å². The van der Waals surface area contributed by atoms with Crippen LogP contribution in [0.1, 0.15) is 45.2 Å². The largest absolute Gasteiger partial charge is 0.416 e. The average molecular weight is 498 g/mol. The van der Waals surface area contributed by atoms with Crippen LogP contribution in [0.15, 0.2) is 61.1 Å². The molecule has 4 aromatic rings. The van der Waals surface area contributed by atoms with Crippen LogP contribution in [0.5, 0.6) is 0 Å². The molecule has 10 heteroatoms. The number of hydrogen-bond donors (Lipinski definition) is 2. The molecule has 0 saturated carbocycles. The molecule has 2 aromatic carbocycles. The molecular weight excluding hydrogens is 475 g/mol. The SMILES string of the molecule is Cc1ncc(-c2ncc(C(=O)N[C@H](C)c3ccc(-c4cc(C(F)(F)F)ccc4CN)cc3)s2)cn1. The summed E-state index contributed by atoms with van der Waals surface area (Å²) in [5.41, 5.74) is 8.22. The van der Waals surface area contributed by atoms with E-state index in [0.29, 0.717) is 32.4 Å². The zero-order chi connectivity index (χ0) is 25.2. The van der Waals surface area contributed by atoms with Crippen molar-refractivity contribution in [2.75, 3.05) is 0 Å². The molecule has 0 fully saturated rings. The van der Waals surface area contributed by atoms with Crippen molar-refractivity contribution in [3.8, 4) is 21.7 Å². The molecular formula is C25H22F3N5OS. The Hall–Kier alpha value is -3.63. The van der Waals surface area contributed by atoms with Crippen molar-refractivity contribution in [3.63, 3.8) is 0 Å². The fourth-order valence-corrected chi connectivity index (χ4v) is 4.31. The number of carbonyl (C=O) groups is 1. The average Bonchev–Trinajstić information content (AvgIpc) is 3.34. The van der Waals surface area contributed by atoms with Crippen molar-refractivity contribution < 1.29 is 18.0 Å². The normalized spacial score (nSPS) is 12.4. The van der Waals surface area contributed by atoms with Gasteiger partial charge in [0, 0.05) is 24.5 Å². The van der Waals surface area contributed by atoms with E-state index in [2.05, 4.69) is 20.3 Å². The molecule has 2 aromatic heterocycles. The molecule has 0 bridgehead atoms. The van der Waals surface area contributed by atoms with Gasteiger partial charge >= 0.3 is 6.18 Å². The quantitative estimate of drug-likeness (QED) is 0.365. The van der Waals surface area contributed by atoms with E-state index in [1.165, 1.54) is 23.6 Å². The summed E-state index contributed by atoms with van der Waals surface area (Å²) >= 11 is 1.24. The van der Waals surface area contributed by atoms with Crippen molar-refractivity contribution in [2.24, 2.45) is 5.73 Å². The Balaban J connectivity index is 1.49. The number of nitrogens with two attached hydrogens (primary N) is 1. The van der Waals surface area contributed by atoms with Gasteiger partial charge in [-0.1, -0.05) is 30.3 Å². The predicted octanol–water partition coefficient (Wildman–Crippen LogP) is 5.54. The number of aromatic nitrogens is 3. The van der Waals surface area contributed by atoms with Gasteiger partial charge in [-0.2, -0.15) is 13.2 Å². The molecule has 4 rings (SSSR count). The van der Waals surface area contributed by atoms with Gasteiger partial charge in [-0.3, -0.25) is 4.79 Å². The molecule has 0 saturated heterocycles. The van der Waals surface area contributed by atoms with Crippen LogP contribution < -0.4 is 11.1 Å². The van der Waals surface area contributed by atoms with Gasteiger partial charge in [-0.05, 0) is 48.2 Å². The molecule has 0 aliphatic heterocycles. The zero-order valence-corrected chi connectivity index (χ0v) is 19.7. The number of benzene rings is 2. The summed E-state index contributed by atoms with van der Waals surface area (Å²) < 4.78 is 39.5. The van der Waals surface area contributed by atoms with E-state index in [4.69, 9.17) is 5.73 Å². The number of aryl methyl sites for hydroxylation is 1. The molecule has 0 unspecified atom stereocenters. The first kappa shape index (κ1) is 24.5. The smallest absolute Gasteiger partial charge is 0.345 e. The molecule has 0 spiro atoms. The van der Waals surface area contributed by atoms with Crippen molar-refractivity contribution in [1.29, 1.82) is 0 Å². The summed E-state index contributed by atoms with van der Waals surface area (Å²) in [6.07, 6.45) is 0.387. The lowest BCUT2D eigenvalue weighted by Crippen LogP contribution is -2.25. The molecule has 3 N–H and O–H groups in total. The van der Waals surface area contributed by atoms with Crippen molar-refractivity contribution in [1.82, 2.24) is 20.3 Å². The van der Waals surface area contributed by atoms with Gasteiger partial charge in [-0.25, -0.2) is 15.0 Å². The summed E-state index contributed by atoms with van der Waals surface area (Å²) in [6.45, 7) is 3.74. The Morgan fingerprint density at radius 3 is 2.34 bits per heavy atom. The van der Waals surface area contributed by atoms with Gasteiger partial charge in [-0.15, -0.1) is 11.3 Å². The van der Waals surface area contributed by atoms with Gasteiger partial charge in [0.2, 0.25) is 0 Å². The second kappa shape index (κ2) is 9.93. The molecule has 180 valence electrons. The minimum Gasteiger partial charge on any atom is -0.345 e. The third kappa shape index (κ3) is 5.55. The molecule has 0 radical (unpaired) electrons. The summed E-state index contributed by atoms with van der Waals surface area (Å²) in [7, 11) is 0. The number of nitrogens with one attached hydrogen (secondary N) is 1. The Labute approximate surface area is 204 Å². The Morgan fingerprint density at radius 2 is 1.71 bits per heavy atom. The van der Waals surface area contributed by atoms with Crippen LogP contribution in [-0.4, -0.2) is 20.9 Å². The van der Waals surface area contributed by atoms with E-state index in [1.54, 1.807) is 43.6 Å². The number of thiazole rings is 1. The van der Waals surface area contributed by atoms with Gasteiger partial charge in [0.05, 0.1) is 17.8 Å². The number of nitrogens with zero attached hydrogens (tertiary/aromatic N) is 3. The van der Waals surface area contributed by atoms with E-state index in [0.717, 1.165) is 23.3 Å². The minimum atomic E-state index is -4.44. The maximum Gasteiger partial charge on any atom is 0.416 e. The highest BCUT2D eigenvalue weighted by molar-refractivity contribution is 7.16. The highest BCUT2D eigenvalue weighted by atomic mass is 32.1. The number of rotatable bonds is 6. The number of amides is 1. The van der Waals surface area contributed by atoms with E-state index < -0.39 is 11.7 Å². The fourth-order valence-electron chi connectivity index (χ4n) is 3.52. The lowest BCUT2D eigenvalue weighted by Gasteiger charge is -2.16. The molecule has 0 aliphatic rings. The Bertz CT molecular complexity index is 1330. The fraction of sp³-hybridized carbons (Fsp3) is 0.200. The predicted molar refractivity (Wildman–Crippen MR) is 129 cm³/mol. The molecule has 0 aliphatic carbocycles. The number of halogens is 3. The highest BCUT2D eigenvalue weighted by Crippen LogP contribution is 2.34. The van der Waals surface area contributed by atoms with Crippen molar-refractivity contribution >= 4 is 17.2 Å². The van der Waals surface area contributed by atoms with Crippen LogP contribution in [0.25, 0.3) is 21.7 Å². The lowest BCUT2D eigenvalue weighted by atomic mass is 9.95. The number of carbonyl (C=O) groups excluding carboxylic acids is 1. The van der Waals surface area contributed by atoms with Crippen LogP contribution in [-0.2, 0) is 12.7 Å². The van der Waals surface area contributed by atoms with Crippen molar-refractivity contribution in [2.45, 2.75) is 32.6 Å². The van der Waals surface area contributed by atoms with Crippen LogP contribution >= 0.6 is 11.3 Å². The molecule has 35 heavy (non-hydrogen) atoms. The van der Waals surface area contributed by atoms with Gasteiger partial charge in [0.1, 0.15) is 15.7 Å². The van der Waals surface area contributed by atoms with E-state index in [1.807, 2.05) is 6.92 Å².